The highest BCUT2D eigenvalue weighted by Crippen LogP contribution is 2.22. The molecule has 1 aliphatic rings. The maximum atomic E-state index is 11.7. The van der Waals surface area contributed by atoms with Gasteiger partial charge in [-0.2, -0.15) is 0 Å². The van der Waals surface area contributed by atoms with Crippen molar-refractivity contribution in [2.24, 2.45) is 5.73 Å². The number of nitrogens with two attached hydrogens (primary N) is 1. The SMILES string of the molecule is CCC(=O)N(CCN)C1CCCCC1. The van der Waals surface area contributed by atoms with Crippen LogP contribution in [0.2, 0.25) is 0 Å². The number of hydrogen-bond acceptors (Lipinski definition) is 2. The summed E-state index contributed by atoms with van der Waals surface area (Å²) in [4.78, 5) is 13.7. The van der Waals surface area contributed by atoms with Crippen LogP contribution in [0.1, 0.15) is 45.4 Å². The summed E-state index contributed by atoms with van der Waals surface area (Å²) in [6.07, 6.45) is 6.81. The van der Waals surface area contributed by atoms with E-state index in [2.05, 4.69) is 0 Å². The fourth-order valence-electron chi connectivity index (χ4n) is 2.25. The standard InChI is InChI=1S/C11H22N2O/c1-2-11(14)13(9-8-12)10-6-4-3-5-7-10/h10H,2-9,12H2,1H3. The first kappa shape index (κ1) is 11.5. The van der Waals surface area contributed by atoms with E-state index in [1.807, 2.05) is 11.8 Å². The van der Waals surface area contributed by atoms with Gasteiger partial charge in [-0.05, 0) is 12.8 Å². The summed E-state index contributed by atoms with van der Waals surface area (Å²) >= 11 is 0. The van der Waals surface area contributed by atoms with Crippen LogP contribution in [-0.4, -0.2) is 29.9 Å². The Labute approximate surface area is 86.6 Å². The van der Waals surface area contributed by atoms with E-state index in [9.17, 15) is 4.79 Å². The van der Waals surface area contributed by atoms with E-state index in [1.54, 1.807) is 0 Å². The highest BCUT2D eigenvalue weighted by Gasteiger charge is 2.23. The van der Waals surface area contributed by atoms with Gasteiger partial charge in [-0.15, -0.1) is 0 Å². The van der Waals surface area contributed by atoms with Crippen LogP contribution in [0.5, 0.6) is 0 Å². The van der Waals surface area contributed by atoms with Gasteiger partial charge < -0.3 is 10.6 Å². The monoisotopic (exact) mass is 198 g/mol. The first-order valence-corrected chi connectivity index (χ1v) is 5.79. The molecule has 0 saturated heterocycles. The van der Waals surface area contributed by atoms with Crippen molar-refractivity contribution in [3.63, 3.8) is 0 Å². The van der Waals surface area contributed by atoms with E-state index >= 15 is 0 Å². The van der Waals surface area contributed by atoms with Crippen LogP contribution in [0, 0.1) is 0 Å². The predicted octanol–water partition coefficient (Wildman–Crippen LogP) is 1.52. The van der Waals surface area contributed by atoms with E-state index in [4.69, 9.17) is 5.73 Å². The van der Waals surface area contributed by atoms with E-state index in [1.165, 1.54) is 32.1 Å². The number of hydrogen-bond donors (Lipinski definition) is 1. The van der Waals surface area contributed by atoms with Crippen molar-refractivity contribution in [2.75, 3.05) is 13.1 Å². The normalized spacial score (nSPS) is 18.1. The first-order valence-electron chi connectivity index (χ1n) is 5.79. The fraction of sp³-hybridized carbons (Fsp3) is 0.909. The fourth-order valence-corrected chi connectivity index (χ4v) is 2.25. The molecule has 0 heterocycles. The Morgan fingerprint density at radius 1 is 1.36 bits per heavy atom. The van der Waals surface area contributed by atoms with Crippen LogP contribution in [0.25, 0.3) is 0 Å². The molecule has 82 valence electrons. The quantitative estimate of drug-likeness (QED) is 0.744. The third-order valence-electron chi connectivity index (χ3n) is 3.01. The van der Waals surface area contributed by atoms with Crippen molar-refractivity contribution in [2.45, 2.75) is 51.5 Å². The lowest BCUT2D eigenvalue weighted by molar-refractivity contribution is -0.133. The molecule has 0 spiro atoms. The van der Waals surface area contributed by atoms with Gasteiger partial charge in [-0.1, -0.05) is 26.2 Å². The second kappa shape index (κ2) is 6.02. The van der Waals surface area contributed by atoms with Gasteiger partial charge in [0, 0.05) is 25.6 Å². The Balaban J connectivity index is 2.50. The molecule has 1 rings (SSSR count). The highest BCUT2D eigenvalue weighted by atomic mass is 16.2. The summed E-state index contributed by atoms with van der Waals surface area (Å²) in [5, 5.41) is 0. The average molecular weight is 198 g/mol. The van der Waals surface area contributed by atoms with Crippen molar-refractivity contribution in [3.05, 3.63) is 0 Å². The summed E-state index contributed by atoms with van der Waals surface area (Å²) in [6, 6.07) is 0.472. The molecule has 1 saturated carbocycles. The molecular formula is C11H22N2O. The van der Waals surface area contributed by atoms with Gasteiger partial charge in [0.05, 0.1) is 0 Å². The summed E-state index contributed by atoms with van der Waals surface area (Å²) in [6.45, 7) is 3.24. The molecule has 0 aliphatic heterocycles. The van der Waals surface area contributed by atoms with Crippen LogP contribution in [-0.2, 0) is 4.79 Å². The number of rotatable bonds is 4. The summed E-state index contributed by atoms with van der Waals surface area (Å²) in [7, 11) is 0. The Kier molecular flexibility index (Phi) is 4.94. The topological polar surface area (TPSA) is 46.3 Å². The van der Waals surface area contributed by atoms with Gasteiger partial charge in [0.1, 0.15) is 0 Å². The predicted molar refractivity (Wildman–Crippen MR) is 57.9 cm³/mol. The van der Waals surface area contributed by atoms with Crippen molar-refractivity contribution in [1.82, 2.24) is 4.90 Å². The molecule has 1 aliphatic carbocycles. The zero-order valence-corrected chi connectivity index (χ0v) is 9.17. The van der Waals surface area contributed by atoms with Crippen molar-refractivity contribution in [1.29, 1.82) is 0 Å². The Morgan fingerprint density at radius 3 is 2.50 bits per heavy atom. The van der Waals surface area contributed by atoms with E-state index in [-0.39, 0.29) is 5.91 Å². The van der Waals surface area contributed by atoms with Crippen LogP contribution >= 0.6 is 0 Å². The van der Waals surface area contributed by atoms with Gasteiger partial charge in [-0.25, -0.2) is 0 Å². The van der Waals surface area contributed by atoms with Gasteiger partial charge in [0.15, 0.2) is 0 Å². The maximum absolute atomic E-state index is 11.7. The van der Waals surface area contributed by atoms with Crippen LogP contribution in [0.15, 0.2) is 0 Å². The Hall–Kier alpha value is -0.570. The molecule has 3 nitrogen and oxygen atoms in total. The average Bonchev–Trinajstić information content (AvgIpc) is 2.26. The zero-order chi connectivity index (χ0) is 10.4. The van der Waals surface area contributed by atoms with Crippen LogP contribution < -0.4 is 5.73 Å². The largest absolute Gasteiger partial charge is 0.338 e. The van der Waals surface area contributed by atoms with E-state index in [0.29, 0.717) is 19.0 Å². The maximum Gasteiger partial charge on any atom is 0.222 e. The molecule has 1 fully saturated rings. The molecule has 0 bridgehead atoms. The summed E-state index contributed by atoms with van der Waals surface area (Å²) in [5.74, 6) is 0.266. The highest BCUT2D eigenvalue weighted by molar-refractivity contribution is 5.76. The molecular weight excluding hydrogens is 176 g/mol. The second-order valence-electron chi connectivity index (χ2n) is 4.02. The van der Waals surface area contributed by atoms with E-state index in [0.717, 1.165) is 6.54 Å². The van der Waals surface area contributed by atoms with Crippen LogP contribution in [0.4, 0.5) is 0 Å². The number of carbonyl (C=O) groups is 1. The van der Waals surface area contributed by atoms with Crippen molar-refractivity contribution < 1.29 is 4.79 Å². The molecule has 0 aromatic carbocycles. The van der Waals surface area contributed by atoms with Gasteiger partial charge in [0.2, 0.25) is 5.91 Å². The molecule has 1 amide bonds. The molecule has 0 atom stereocenters. The second-order valence-corrected chi connectivity index (χ2v) is 4.02. The number of amides is 1. The first-order chi connectivity index (χ1) is 6.79. The third kappa shape index (κ3) is 2.98. The lowest BCUT2D eigenvalue weighted by Gasteiger charge is -2.34. The Bertz CT molecular complexity index is 176. The summed E-state index contributed by atoms with van der Waals surface area (Å²) < 4.78 is 0. The Morgan fingerprint density at radius 2 is 2.00 bits per heavy atom. The van der Waals surface area contributed by atoms with Crippen LogP contribution in [0.3, 0.4) is 0 Å². The number of carbonyl (C=O) groups excluding carboxylic acids is 1. The molecule has 0 unspecified atom stereocenters. The molecule has 0 aromatic rings. The minimum Gasteiger partial charge on any atom is -0.338 e. The smallest absolute Gasteiger partial charge is 0.222 e. The van der Waals surface area contributed by atoms with Gasteiger partial charge in [0.25, 0.3) is 0 Å². The minimum absolute atomic E-state index is 0.266. The zero-order valence-electron chi connectivity index (χ0n) is 9.17. The van der Waals surface area contributed by atoms with Gasteiger partial charge in [-0.3, -0.25) is 4.79 Å². The summed E-state index contributed by atoms with van der Waals surface area (Å²) in [5.41, 5.74) is 5.53. The molecule has 0 aromatic heterocycles. The van der Waals surface area contributed by atoms with Gasteiger partial charge >= 0.3 is 0 Å². The number of nitrogens with zero attached hydrogens (tertiary/aromatic N) is 1. The lowest BCUT2D eigenvalue weighted by Crippen LogP contribution is -2.43. The lowest BCUT2D eigenvalue weighted by atomic mass is 9.94. The molecule has 2 N–H and O–H groups in total. The minimum atomic E-state index is 0.266. The van der Waals surface area contributed by atoms with Crippen molar-refractivity contribution >= 4 is 5.91 Å². The molecule has 3 heteroatoms. The molecule has 14 heavy (non-hydrogen) atoms. The third-order valence-corrected chi connectivity index (χ3v) is 3.01. The van der Waals surface area contributed by atoms with E-state index < -0.39 is 0 Å². The molecule has 0 radical (unpaired) electrons. The van der Waals surface area contributed by atoms with Crippen molar-refractivity contribution in [3.8, 4) is 0 Å².